The highest BCUT2D eigenvalue weighted by Crippen LogP contribution is 2.29. The van der Waals surface area contributed by atoms with Gasteiger partial charge in [0, 0.05) is 10.7 Å². The van der Waals surface area contributed by atoms with Crippen LogP contribution in [0.4, 0.5) is 5.69 Å². The van der Waals surface area contributed by atoms with Crippen molar-refractivity contribution < 1.29 is 9.53 Å². The number of hydrogen-bond donors (Lipinski definition) is 1. The molecular formula is C9H9BrN2O2. The molecule has 1 amide bonds. The summed E-state index contributed by atoms with van der Waals surface area (Å²) in [5, 5.41) is 2.75. The van der Waals surface area contributed by atoms with Gasteiger partial charge in [0.1, 0.15) is 5.69 Å². The number of fused-ring (bicyclic) bond motifs is 1. The van der Waals surface area contributed by atoms with Crippen LogP contribution in [0, 0.1) is 0 Å². The van der Waals surface area contributed by atoms with E-state index < -0.39 is 6.10 Å². The average Bonchev–Trinajstić information content (AvgIpc) is 2.16. The third kappa shape index (κ3) is 1.59. The molecule has 1 unspecified atom stereocenters. The first-order valence-corrected chi connectivity index (χ1v) is 5.13. The molecule has 14 heavy (non-hydrogen) atoms. The molecule has 1 atom stereocenters. The topological polar surface area (TPSA) is 51.2 Å². The first-order valence-electron chi connectivity index (χ1n) is 4.33. The van der Waals surface area contributed by atoms with E-state index in [9.17, 15) is 4.79 Å². The molecule has 1 aliphatic heterocycles. The van der Waals surface area contributed by atoms with E-state index in [2.05, 4.69) is 26.2 Å². The summed E-state index contributed by atoms with van der Waals surface area (Å²) in [5.74, 6) is 0.375. The van der Waals surface area contributed by atoms with E-state index in [0.29, 0.717) is 18.0 Å². The van der Waals surface area contributed by atoms with Crippen molar-refractivity contribution in [3.63, 3.8) is 0 Å². The summed E-state index contributed by atoms with van der Waals surface area (Å²) < 4.78 is 6.22. The fourth-order valence-corrected chi connectivity index (χ4v) is 1.61. The summed E-state index contributed by atoms with van der Waals surface area (Å²) >= 11 is 3.27. The lowest BCUT2D eigenvalue weighted by atomic mass is 10.2. The second-order valence-electron chi connectivity index (χ2n) is 3.01. The summed E-state index contributed by atoms with van der Waals surface area (Å²) in [4.78, 5) is 15.5. The number of pyridine rings is 1. The Balaban J connectivity index is 2.35. The van der Waals surface area contributed by atoms with Crippen molar-refractivity contribution in [2.24, 2.45) is 0 Å². The van der Waals surface area contributed by atoms with Crippen LogP contribution in [0.3, 0.4) is 0 Å². The number of carbonyl (C=O) groups is 1. The molecule has 0 bridgehead atoms. The van der Waals surface area contributed by atoms with Gasteiger partial charge in [-0.2, -0.15) is 0 Å². The maximum atomic E-state index is 11.4. The van der Waals surface area contributed by atoms with Crippen molar-refractivity contribution in [2.75, 3.05) is 5.32 Å². The molecular weight excluding hydrogens is 248 g/mol. The van der Waals surface area contributed by atoms with Crippen LogP contribution in [-0.4, -0.2) is 17.0 Å². The molecule has 0 spiro atoms. The zero-order chi connectivity index (χ0) is 10.1. The van der Waals surface area contributed by atoms with Crippen LogP contribution in [0.2, 0.25) is 0 Å². The summed E-state index contributed by atoms with van der Waals surface area (Å²) in [6.45, 7) is 1.90. The first-order chi connectivity index (χ1) is 6.70. The standard InChI is InChI=1S/C9H9BrN2O2/c1-2-7-8(13)12-6-3-5(10)4-11-9(6)14-7/h3-4,7H,2H2,1H3,(H,12,13). The third-order valence-corrected chi connectivity index (χ3v) is 2.43. The van der Waals surface area contributed by atoms with Crippen molar-refractivity contribution in [1.29, 1.82) is 0 Å². The van der Waals surface area contributed by atoms with E-state index in [1.165, 1.54) is 0 Å². The molecule has 1 aromatic rings. The average molecular weight is 257 g/mol. The minimum Gasteiger partial charge on any atom is -0.463 e. The molecule has 0 fully saturated rings. The molecule has 0 aromatic carbocycles. The number of nitrogens with one attached hydrogen (secondary N) is 1. The molecule has 2 rings (SSSR count). The Hall–Kier alpha value is -1.10. The maximum absolute atomic E-state index is 11.4. The van der Waals surface area contributed by atoms with Gasteiger partial charge in [-0.1, -0.05) is 6.92 Å². The predicted octanol–water partition coefficient (Wildman–Crippen LogP) is 1.95. The molecule has 1 N–H and O–H groups in total. The van der Waals surface area contributed by atoms with Gasteiger partial charge in [0.15, 0.2) is 6.10 Å². The Bertz CT molecular complexity index is 381. The number of rotatable bonds is 1. The van der Waals surface area contributed by atoms with E-state index in [1.807, 2.05) is 6.92 Å². The van der Waals surface area contributed by atoms with Gasteiger partial charge in [0.2, 0.25) is 5.88 Å². The molecule has 0 saturated carbocycles. The Morgan fingerprint density at radius 1 is 1.71 bits per heavy atom. The van der Waals surface area contributed by atoms with Gasteiger partial charge in [0.25, 0.3) is 5.91 Å². The highest BCUT2D eigenvalue weighted by atomic mass is 79.9. The molecule has 0 radical (unpaired) electrons. The lowest BCUT2D eigenvalue weighted by molar-refractivity contribution is -0.123. The fourth-order valence-electron chi connectivity index (χ4n) is 1.28. The first kappa shape index (κ1) is 9.45. The number of anilines is 1. The zero-order valence-electron chi connectivity index (χ0n) is 7.58. The predicted molar refractivity (Wildman–Crippen MR) is 55.3 cm³/mol. The maximum Gasteiger partial charge on any atom is 0.265 e. The lowest BCUT2D eigenvalue weighted by Gasteiger charge is -2.23. The third-order valence-electron chi connectivity index (χ3n) is 1.99. The molecule has 2 heterocycles. The number of nitrogens with zero attached hydrogens (tertiary/aromatic N) is 1. The van der Waals surface area contributed by atoms with Crippen molar-refractivity contribution in [3.05, 3.63) is 16.7 Å². The van der Waals surface area contributed by atoms with Crippen LogP contribution in [0.25, 0.3) is 0 Å². The van der Waals surface area contributed by atoms with Crippen molar-refractivity contribution in [1.82, 2.24) is 4.98 Å². The van der Waals surface area contributed by atoms with Gasteiger partial charge < -0.3 is 10.1 Å². The minimum absolute atomic E-state index is 0.111. The highest BCUT2D eigenvalue weighted by molar-refractivity contribution is 9.10. The normalized spacial score (nSPS) is 19.6. The highest BCUT2D eigenvalue weighted by Gasteiger charge is 2.26. The molecule has 4 nitrogen and oxygen atoms in total. The van der Waals surface area contributed by atoms with Crippen LogP contribution in [0.15, 0.2) is 16.7 Å². The van der Waals surface area contributed by atoms with E-state index in [4.69, 9.17) is 4.74 Å². The fraction of sp³-hybridized carbons (Fsp3) is 0.333. The van der Waals surface area contributed by atoms with Crippen LogP contribution in [0.5, 0.6) is 5.88 Å². The largest absolute Gasteiger partial charge is 0.463 e. The quantitative estimate of drug-likeness (QED) is 0.836. The van der Waals surface area contributed by atoms with Gasteiger partial charge in [-0.25, -0.2) is 4.98 Å². The van der Waals surface area contributed by atoms with E-state index in [-0.39, 0.29) is 5.91 Å². The summed E-state index contributed by atoms with van der Waals surface area (Å²) in [7, 11) is 0. The summed E-state index contributed by atoms with van der Waals surface area (Å²) in [5.41, 5.74) is 0.620. The van der Waals surface area contributed by atoms with Crippen LogP contribution < -0.4 is 10.1 Å². The Labute approximate surface area is 89.8 Å². The zero-order valence-corrected chi connectivity index (χ0v) is 9.17. The molecule has 0 aliphatic carbocycles. The van der Waals surface area contributed by atoms with Gasteiger partial charge in [0.05, 0.1) is 0 Å². The van der Waals surface area contributed by atoms with Crippen molar-refractivity contribution >= 4 is 27.5 Å². The molecule has 0 saturated heterocycles. The number of aromatic nitrogens is 1. The number of amides is 1. The number of halogens is 1. The Morgan fingerprint density at radius 3 is 3.21 bits per heavy atom. The summed E-state index contributed by atoms with van der Waals surface area (Å²) in [6.07, 6.45) is 1.86. The van der Waals surface area contributed by atoms with Crippen LogP contribution in [-0.2, 0) is 4.79 Å². The van der Waals surface area contributed by atoms with E-state index >= 15 is 0 Å². The second kappa shape index (κ2) is 3.57. The van der Waals surface area contributed by atoms with Gasteiger partial charge in [-0.05, 0) is 28.4 Å². The van der Waals surface area contributed by atoms with Gasteiger partial charge in [-0.15, -0.1) is 0 Å². The Kier molecular flexibility index (Phi) is 2.41. The summed E-state index contributed by atoms with van der Waals surface area (Å²) in [6, 6.07) is 1.77. The van der Waals surface area contributed by atoms with Crippen LogP contribution in [0.1, 0.15) is 13.3 Å². The molecule has 1 aromatic heterocycles. The van der Waals surface area contributed by atoms with Gasteiger partial charge in [-0.3, -0.25) is 4.79 Å². The lowest BCUT2D eigenvalue weighted by Crippen LogP contribution is -2.36. The van der Waals surface area contributed by atoms with Crippen molar-refractivity contribution in [2.45, 2.75) is 19.4 Å². The molecule has 5 heteroatoms. The monoisotopic (exact) mass is 256 g/mol. The smallest absolute Gasteiger partial charge is 0.265 e. The Morgan fingerprint density at radius 2 is 2.50 bits per heavy atom. The number of ether oxygens (including phenoxy) is 1. The van der Waals surface area contributed by atoms with Crippen molar-refractivity contribution in [3.8, 4) is 5.88 Å². The number of carbonyl (C=O) groups excluding carboxylic acids is 1. The van der Waals surface area contributed by atoms with E-state index in [0.717, 1.165) is 4.47 Å². The van der Waals surface area contributed by atoms with Gasteiger partial charge >= 0.3 is 0 Å². The number of hydrogen-bond acceptors (Lipinski definition) is 3. The molecule has 74 valence electrons. The van der Waals surface area contributed by atoms with Crippen LogP contribution >= 0.6 is 15.9 Å². The minimum atomic E-state index is -0.420. The second-order valence-corrected chi connectivity index (χ2v) is 3.93. The molecule has 1 aliphatic rings. The SMILES string of the molecule is CCC1Oc2ncc(Br)cc2NC1=O. The van der Waals surface area contributed by atoms with E-state index in [1.54, 1.807) is 12.3 Å².